The molecule has 1 aromatic carbocycles. The van der Waals surface area contributed by atoms with Crippen LogP contribution >= 0.6 is 0 Å². The van der Waals surface area contributed by atoms with Crippen LogP contribution in [0.1, 0.15) is 30.4 Å². The number of carbonyl (C=O) groups excluding carboxylic acids is 1. The fraction of sp³-hybridized carbons (Fsp3) is 0.500. The molecule has 5 heteroatoms. The molecule has 0 radical (unpaired) electrons. The van der Waals surface area contributed by atoms with Gasteiger partial charge in [0.05, 0.1) is 6.42 Å². The van der Waals surface area contributed by atoms with Gasteiger partial charge >= 0.3 is 5.97 Å². The Labute approximate surface area is 124 Å². The first kappa shape index (κ1) is 15.5. The van der Waals surface area contributed by atoms with E-state index in [1.54, 1.807) is 6.07 Å². The maximum Gasteiger partial charge on any atom is 0.307 e. The number of benzene rings is 1. The quantitative estimate of drug-likeness (QED) is 0.736. The van der Waals surface area contributed by atoms with Gasteiger partial charge in [-0.15, -0.1) is 0 Å². The largest absolute Gasteiger partial charge is 0.481 e. The van der Waals surface area contributed by atoms with Gasteiger partial charge in [-0.05, 0) is 36.4 Å². The van der Waals surface area contributed by atoms with Crippen molar-refractivity contribution in [3.8, 4) is 0 Å². The van der Waals surface area contributed by atoms with Crippen LogP contribution in [-0.4, -0.2) is 23.5 Å². The number of hydrogen-bond donors (Lipinski definition) is 3. The van der Waals surface area contributed by atoms with Gasteiger partial charge in [0.2, 0.25) is 5.91 Å². The van der Waals surface area contributed by atoms with E-state index in [0.29, 0.717) is 13.1 Å². The second-order valence-electron chi connectivity index (χ2n) is 5.59. The highest BCUT2D eigenvalue weighted by atomic mass is 16.4. The van der Waals surface area contributed by atoms with Crippen LogP contribution in [0.5, 0.6) is 0 Å². The summed E-state index contributed by atoms with van der Waals surface area (Å²) in [5, 5.41) is 11.8. The van der Waals surface area contributed by atoms with Crippen molar-refractivity contribution in [1.29, 1.82) is 0 Å². The van der Waals surface area contributed by atoms with Crippen molar-refractivity contribution in [2.75, 3.05) is 6.54 Å². The number of carboxylic acid groups (broad SMARTS) is 1. The molecule has 0 spiro atoms. The fourth-order valence-corrected chi connectivity index (χ4v) is 3.04. The molecule has 0 bridgehead atoms. The van der Waals surface area contributed by atoms with Crippen LogP contribution in [-0.2, 0) is 22.6 Å². The van der Waals surface area contributed by atoms with Crippen LogP contribution in [0.4, 0.5) is 0 Å². The first-order valence-electron chi connectivity index (χ1n) is 7.38. The zero-order valence-electron chi connectivity index (χ0n) is 12.0. The van der Waals surface area contributed by atoms with E-state index in [9.17, 15) is 9.59 Å². The normalized spacial score (nSPS) is 21.2. The Morgan fingerprint density at radius 2 is 1.95 bits per heavy atom. The Balaban J connectivity index is 1.96. The van der Waals surface area contributed by atoms with Gasteiger partial charge in [-0.2, -0.15) is 0 Å². The van der Waals surface area contributed by atoms with E-state index < -0.39 is 5.97 Å². The van der Waals surface area contributed by atoms with E-state index in [4.69, 9.17) is 10.8 Å². The van der Waals surface area contributed by atoms with Crippen molar-refractivity contribution in [1.82, 2.24) is 5.32 Å². The van der Waals surface area contributed by atoms with Gasteiger partial charge in [0.25, 0.3) is 0 Å². The number of aliphatic carboxylic acids is 1. The number of rotatable bonds is 6. The van der Waals surface area contributed by atoms with Gasteiger partial charge in [0.1, 0.15) is 0 Å². The van der Waals surface area contributed by atoms with Crippen LogP contribution in [0.3, 0.4) is 0 Å². The summed E-state index contributed by atoms with van der Waals surface area (Å²) in [4.78, 5) is 23.1. The van der Waals surface area contributed by atoms with Crippen molar-refractivity contribution in [2.45, 2.75) is 32.2 Å². The summed E-state index contributed by atoms with van der Waals surface area (Å²) in [7, 11) is 0. The average molecular weight is 290 g/mol. The smallest absolute Gasteiger partial charge is 0.307 e. The molecule has 0 aromatic heterocycles. The first-order chi connectivity index (χ1) is 10.1. The molecular weight excluding hydrogens is 268 g/mol. The Morgan fingerprint density at radius 1 is 1.24 bits per heavy atom. The first-order valence-corrected chi connectivity index (χ1v) is 7.38. The molecule has 4 N–H and O–H groups in total. The van der Waals surface area contributed by atoms with E-state index in [-0.39, 0.29) is 24.2 Å². The molecule has 2 unspecified atom stereocenters. The second-order valence-corrected chi connectivity index (χ2v) is 5.59. The predicted octanol–water partition coefficient (Wildman–Crippen LogP) is 1.30. The van der Waals surface area contributed by atoms with Gasteiger partial charge in [0, 0.05) is 12.5 Å². The number of amides is 1. The highest BCUT2D eigenvalue weighted by Crippen LogP contribution is 2.31. The molecule has 0 heterocycles. The van der Waals surface area contributed by atoms with Crippen LogP contribution in [0, 0.1) is 11.8 Å². The zero-order valence-corrected chi connectivity index (χ0v) is 12.0. The van der Waals surface area contributed by atoms with Gasteiger partial charge in [-0.25, -0.2) is 0 Å². The average Bonchev–Trinajstić information content (AvgIpc) is 2.94. The summed E-state index contributed by atoms with van der Waals surface area (Å²) in [5.41, 5.74) is 7.30. The molecule has 1 amide bonds. The number of nitrogens with two attached hydrogens (primary N) is 1. The van der Waals surface area contributed by atoms with Crippen molar-refractivity contribution in [3.05, 3.63) is 35.4 Å². The fourth-order valence-electron chi connectivity index (χ4n) is 3.04. The SMILES string of the molecule is NCC1CCCC1C(=O)NCc1ccccc1CC(=O)O. The lowest BCUT2D eigenvalue weighted by Crippen LogP contribution is -2.34. The van der Waals surface area contributed by atoms with E-state index >= 15 is 0 Å². The number of nitrogens with one attached hydrogen (secondary N) is 1. The van der Waals surface area contributed by atoms with Gasteiger partial charge < -0.3 is 16.2 Å². The molecule has 0 aliphatic heterocycles. The minimum absolute atomic E-state index is 0.00151. The van der Waals surface area contributed by atoms with Crippen LogP contribution in [0.25, 0.3) is 0 Å². The molecule has 1 aliphatic carbocycles. The number of carboxylic acids is 1. The lowest BCUT2D eigenvalue weighted by molar-refractivity contribution is -0.136. The maximum absolute atomic E-state index is 12.2. The predicted molar refractivity (Wildman–Crippen MR) is 79.5 cm³/mol. The van der Waals surface area contributed by atoms with E-state index in [1.807, 2.05) is 18.2 Å². The third kappa shape index (κ3) is 4.04. The summed E-state index contributed by atoms with van der Waals surface area (Å²) >= 11 is 0. The third-order valence-corrected chi connectivity index (χ3v) is 4.21. The Kier molecular flexibility index (Phi) is 5.33. The molecule has 1 aromatic rings. The van der Waals surface area contributed by atoms with Crippen molar-refractivity contribution in [2.24, 2.45) is 17.6 Å². The molecular formula is C16H22N2O3. The van der Waals surface area contributed by atoms with Crippen molar-refractivity contribution >= 4 is 11.9 Å². The summed E-state index contributed by atoms with van der Waals surface area (Å²) in [6, 6.07) is 7.30. The maximum atomic E-state index is 12.2. The minimum atomic E-state index is -0.868. The standard InChI is InChI=1S/C16H22N2O3/c17-9-12-6-3-7-14(12)16(21)18-10-13-5-2-1-4-11(13)8-15(19)20/h1-2,4-5,12,14H,3,6-10,17H2,(H,18,21)(H,19,20). The lowest BCUT2D eigenvalue weighted by Gasteiger charge is -2.18. The molecule has 1 saturated carbocycles. The highest BCUT2D eigenvalue weighted by molar-refractivity contribution is 5.79. The monoisotopic (exact) mass is 290 g/mol. The van der Waals surface area contributed by atoms with Gasteiger partial charge in [-0.3, -0.25) is 9.59 Å². The van der Waals surface area contributed by atoms with E-state index in [2.05, 4.69) is 5.32 Å². The number of carbonyl (C=O) groups is 2. The molecule has 1 aliphatic rings. The highest BCUT2D eigenvalue weighted by Gasteiger charge is 2.31. The van der Waals surface area contributed by atoms with Gasteiger partial charge in [0.15, 0.2) is 0 Å². The molecule has 2 atom stereocenters. The molecule has 2 rings (SSSR count). The molecule has 5 nitrogen and oxygen atoms in total. The lowest BCUT2D eigenvalue weighted by atomic mass is 9.95. The Hall–Kier alpha value is -1.88. The second kappa shape index (κ2) is 7.22. The molecule has 0 saturated heterocycles. The zero-order chi connectivity index (χ0) is 15.2. The van der Waals surface area contributed by atoms with Crippen molar-refractivity contribution in [3.63, 3.8) is 0 Å². The Bertz CT molecular complexity index is 516. The van der Waals surface area contributed by atoms with E-state index in [0.717, 1.165) is 30.4 Å². The minimum Gasteiger partial charge on any atom is -0.481 e. The third-order valence-electron chi connectivity index (χ3n) is 4.21. The molecule has 114 valence electrons. The molecule has 21 heavy (non-hydrogen) atoms. The topological polar surface area (TPSA) is 92.4 Å². The van der Waals surface area contributed by atoms with Crippen LogP contribution in [0.15, 0.2) is 24.3 Å². The van der Waals surface area contributed by atoms with Crippen LogP contribution < -0.4 is 11.1 Å². The summed E-state index contributed by atoms with van der Waals surface area (Å²) in [5.74, 6) is -0.554. The van der Waals surface area contributed by atoms with Crippen LogP contribution in [0.2, 0.25) is 0 Å². The molecule has 1 fully saturated rings. The Morgan fingerprint density at radius 3 is 2.62 bits per heavy atom. The summed E-state index contributed by atoms with van der Waals surface area (Å²) in [6.45, 7) is 0.920. The summed E-state index contributed by atoms with van der Waals surface area (Å²) < 4.78 is 0. The van der Waals surface area contributed by atoms with E-state index in [1.165, 1.54) is 0 Å². The number of hydrogen-bond acceptors (Lipinski definition) is 3. The van der Waals surface area contributed by atoms with Crippen molar-refractivity contribution < 1.29 is 14.7 Å². The van der Waals surface area contributed by atoms with Gasteiger partial charge in [-0.1, -0.05) is 30.7 Å². The summed E-state index contributed by atoms with van der Waals surface area (Å²) in [6.07, 6.45) is 2.94.